The number of hydrogen-bond acceptors (Lipinski definition) is 6. The minimum Gasteiger partial charge on any atom is -0.385 e. The first-order chi connectivity index (χ1) is 17.4. The largest absolute Gasteiger partial charge is 0.385 e. The number of benzene rings is 1. The van der Waals surface area contributed by atoms with E-state index in [1.54, 1.807) is 23.9 Å². The summed E-state index contributed by atoms with van der Waals surface area (Å²) >= 11 is 0. The van der Waals surface area contributed by atoms with Crippen LogP contribution in [0.3, 0.4) is 0 Å². The molecule has 1 fully saturated rings. The molecule has 0 aliphatic carbocycles. The second kappa shape index (κ2) is 10.1. The third-order valence-electron chi connectivity index (χ3n) is 7.06. The van der Waals surface area contributed by atoms with Crippen LogP contribution in [0.2, 0.25) is 0 Å². The molecule has 0 bridgehead atoms. The Morgan fingerprint density at radius 3 is 2.75 bits per heavy atom. The number of carbonyl (C=O) groups excluding carboxylic acids is 1. The summed E-state index contributed by atoms with van der Waals surface area (Å²) < 4.78 is 7.28. The van der Waals surface area contributed by atoms with Crippen LogP contribution >= 0.6 is 0 Å². The SMILES string of the molecule is C=Cc1cc(C(=N)C2=C(NC3CCOCC3)CCN(C(C)=O)C2)c2cnc(-c3cnn(C)c3)cc2c1. The Balaban J connectivity index is 1.58. The molecule has 1 amide bonds. The van der Waals surface area contributed by atoms with Crippen molar-refractivity contribution >= 4 is 28.5 Å². The van der Waals surface area contributed by atoms with Crippen molar-refractivity contribution in [1.82, 2.24) is 25.0 Å². The predicted octanol–water partition coefficient (Wildman–Crippen LogP) is 3.92. The molecule has 2 N–H and O–H groups in total. The average molecular weight is 485 g/mol. The van der Waals surface area contributed by atoms with Crippen molar-refractivity contribution in [2.75, 3.05) is 26.3 Å². The number of aromatic nitrogens is 3. The predicted molar refractivity (Wildman–Crippen MR) is 142 cm³/mol. The maximum absolute atomic E-state index is 12.3. The number of carbonyl (C=O) groups is 1. The van der Waals surface area contributed by atoms with Crippen LogP contribution in [0.5, 0.6) is 0 Å². The Morgan fingerprint density at radius 2 is 2.06 bits per heavy atom. The Morgan fingerprint density at radius 1 is 1.25 bits per heavy atom. The number of nitrogens with one attached hydrogen (secondary N) is 2. The van der Waals surface area contributed by atoms with Gasteiger partial charge in [0.05, 0.1) is 17.6 Å². The van der Waals surface area contributed by atoms with Crippen LogP contribution in [0.4, 0.5) is 0 Å². The second-order valence-electron chi connectivity index (χ2n) is 9.52. The van der Waals surface area contributed by atoms with E-state index in [1.165, 1.54) is 0 Å². The molecular weight excluding hydrogens is 452 g/mol. The van der Waals surface area contributed by atoms with Gasteiger partial charge in [0.2, 0.25) is 5.91 Å². The van der Waals surface area contributed by atoms with Gasteiger partial charge in [-0.15, -0.1) is 0 Å². The number of hydrogen-bond donors (Lipinski definition) is 2. The summed E-state index contributed by atoms with van der Waals surface area (Å²) in [5, 5.41) is 19.2. The van der Waals surface area contributed by atoms with Crippen LogP contribution in [0.25, 0.3) is 28.1 Å². The third-order valence-corrected chi connectivity index (χ3v) is 7.06. The summed E-state index contributed by atoms with van der Waals surface area (Å²) in [5.74, 6) is 0.0258. The maximum atomic E-state index is 12.3. The number of aryl methyl sites for hydroxylation is 1. The van der Waals surface area contributed by atoms with Gasteiger partial charge in [-0.25, -0.2) is 0 Å². The topological polar surface area (TPSA) is 96.1 Å². The van der Waals surface area contributed by atoms with Crippen molar-refractivity contribution in [2.45, 2.75) is 32.2 Å². The van der Waals surface area contributed by atoms with E-state index in [9.17, 15) is 10.2 Å². The van der Waals surface area contributed by atoms with Crippen LogP contribution in [-0.2, 0) is 16.6 Å². The molecule has 1 aromatic carbocycles. The zero-order valence-electron chi connectivity index (χ0n) is 20.9. The first-order valence-electron chi connectivity index (χ1n) is 12.4. The van der Waals surface area contributed by atoms with E-state index in [2.05, 4.69) is 23.1 Å². The highest BCUT2D eigenvalue weighted by atomic mass is 16.5. The molecule has 8 nitrogen and oxygen atoms in total. The van der Waals surface area contributed by atoms with Gasteiger partial charge in [-0.05, 0) is 42.0 Å². The highest BCUT2D eigenvalue weighted by molar-refractivity contribution is 6.19. The quantitative estimate of drug-likeness (QED) is 0.517. The number of pyridine rings is 1. The van der Waals surface area contributed by atoms with Gasteiger partial charge in [-0.3, -0.25) is 19.9 Å². The Bertz CT molecular complexity index is 1370. The molecule has 0 radical (unpaired) electrons. The smallest absolute Gasteiger partial charge is 0.219 e. The summed E-state index contributed by atoms with van der Waals surface area (Å²) in [6.45, 7) is 8.13. The van der Waals surface area contributed by atoms with E-state index in [-0.39, 0.29) is 5.91 Å². The first kappa shape index (κ1) is 23.9. The van der Waals surface area contributed by atoms with E-state index in [0.717, 1.165) is 70.5 Å². The number of amides is 1. The molecule has 2 aliphatic heterocycles. The van der Waals surface area contributed by atoms with Gasteiger partial charge in [-0.1, -0.05) is 12.7 Å². The molecule has 36 heavy (non-hydrogen) atoms. The molecule has 186 valence electrons. The molecule has 0 saturated carbocycles. The Kier molecular flexibility index (Phi) is 6.69. The molecule has 8 heteroatoms. The third kappa shape index (κ3) is 4.81. The molecule has 0 spiro atoms. The van der Waals surface area contributed by atoms with Gasteiger partial charge in [-0.2, -0.15) is 5.10 Å². The Labute approximate surface area is 211 Å². The van der Waals surface area contributed by atoms with Crippen molar-refractivity contribution < 1.29 is 9.53 Å². The highest BCUT2D eigenvalue weighted by Gasteiger charge is 2.27. The monoisotopic (exact) mass is 484 g/mol. The molecule has 2 aliphatic rings. The number of nitrogens with zero attached hydrogens (tertiary/aromatic N) is 4. The zero-order valence-corrected chi connectivity index (χ0v) is 20.9. The molecule has 5 rings (SSSR count). The summed E-state index contributed by atoms with van der Waals surface area (Å²) in [4.78, 5) is 18.8. The summed E-state index contributed by atoms with van der Waals surface area (Å²) in [6.07, 6.45) is 9.96. The average Bonchev–Trinajstić information content (AvgIpc) is 3.34. The van der Waals surface area contributed by atoms with Gasteiger partial charge in [0.15, 0.2) is 0 Å². The van der Waals surface area contributed by atoms with Gasteiger partial charge in [0, 0.05) is 92.9 Å². The first-order valence-corrected chi connectivity index (χ1v) is 12.4. The van der Waals surface area contributed by atoms with Crippen LogP contribution < -0.4 is 5.32 Å². The molecule has 3 aromatic rings. The lowest BCUT2D eigenvalue weighted by molar-refractivity contribution is -0.128. The van der Waals surface area contributed by atoms with Crippen LogP contribution in [0.15, 0.2) is 54.6 Å². The lowest BCUT2D eigenvalue weighted by Crippen LogP contribution is -2.43. The van der Waals surface area contributed by atoms with Crippen molar-refractivity contribution in [2.24, 2.45) is 7.05 Å². The lowest BCUT2D eigenvalue weighted by Gasteiger charge is -2.34. The molecule has 4 heterocycles. The van der Waals surface area contributed by atoms with Gasteiger partial charge >= 0.3 is 0 Å². The molecule has 1 saturated heterocycles. The van der Waals surface area contributed by atoms with Crippen LogP contribution in [0.1, 0.15) is 37.3 Å². The molecule has 2 aromatic heterocycles. The van der Waals surface area contributed by atoms with E-state index < -0.39 is 0 Å². The summed E-state index contributed by atoms with van der Waals surface area (Å²) in [6, 6.07) is 6.42. The van der Waals surface area contributed by atoms with Crippen LogP contribution in [0, 0.1) is 5.41 Å². The van der Waals surface area contributed by atoms with E-state index in [0.29, 0.717) is 31.3 Å². The number of fused-ring (bicyclic) bond motifs is 1. The maximum Gasteiger partial charge on any atom is 0.219 e. The van der Waals surface area contributed by atoms with Gasteiger partial charge < -0.3 is 15.0 Å². The van der Waals surface area contributed by atoms with E-state index in [1.807, 2.05) is 36.5 Å². The van der Waals surface area contributed by atoms with Crippen molar-refractivity contribution in [3.63, 3.8) is 0 Å². The zero-order chi connectivity index (χ0) is 25.2. The van der Waals surface area contributed by atoms with Crippen molar-refractivity contribution in [3.05, 3.63) is 65.8 Å². The minimum absolute atomic E-state index is 0.0258. The fraction of sp³-hybridized carbons (Fsp3) is 0.357. The Hall–Kier alpha value is -3.78. The number of rotatable bonds is 6. The van der Waals surface area contributed by atoms with E-state index >= 15 is 0 Å². The molecular formula is C28H32N6O2. The van der Waals surface area contributed by atoms with Crippen LogP contribution in [-0.4, -0.2) is 63.6 Å². The van der Waals surface area contributed by atoms with Gasteiger partial charge in [0.1, 0.15) is 0 Å². The fourth-order valence-electron chi connectivity index (χ4n) is 4.99. The normalized spacial score (nSPS) is 16.9. The van der Waals surface area contributed by atoms with Gasteiger partial charge in [0.25, 0.3) is 0 Å². The lowest BCUT2D eigenvalue weighted by atomic mass is 9.91. The molecule has 0 atom stereocenters. The second-order valence-corrected chi connectivity index (χ2v) is 9.52. The molecule has 0 unspecified atom stereocenters. The van der Waals surface area contributed by atoms with E-state index in [4.69, 9.17) is 9.72 Å². The number of ether oxygens (including phenoxy) is 1. The fourth-order valence-corrected chi connectivity index (χ4v) is 4.99. The highest BCUT2D eigenvalue weighted by Crippen LogP contribution is 2.30. The standard InChI is InChI=1S/C28H32N6O2/c1-4-19-11-20-13-27(21-14-31-33(3)16-21)30-15-24(20)23(12-19)28(29)25-17-34(18(2)35)8-5-26(25)32-22-6-9-36-10-7-22/h4,11-16,22,29,32H,1,5-10,17H2,2-3H3. The summed E-state index contributed by atoms with van der Waals surface area (Å²) in [7, 11) is 1.88. The summed E-state index contributed by atoms with van der Waals surface area (Å²) in [5.41, 5.74) is 5.83. The van der Waals surface area contributed by atoms with Crippen molar-refractivity contribution in [1.29, 1.82) is 5.41 Å². The minimum atomic E-state index is 0.0258. The van der Waals surface area contributed by atoms with Crippen molar-refractivity contribution in [3.8, 4) is 11.3 Å².